The number of ether oxygens (including phenoxy) is 3. The largest absolute Gasteiger partial charge is 0.462 e. The number of rotatable bonds is 54. The molecule has 0 saturated carbocycles. The van der Waals surface area contributed by atoms with Crippen molar-refractivity contribution in [1.29, 1.82) is 0 Å². The molecule has 0 fully saturated rings. The lowest BCUT2D eigenvalue weighted by Gasteiger charge is -2.18. The zero-order chi connectivity index (χ0) is 55.7. The Kier molecular flexibility index (Phi) is 59.5. The Morgan fingerprint density at radius 3 is 0.805 bits per heavy atom. The van der Waals surface area contributed by atoms with Gasteiger partial charge in [0, 0.05) is 19.3 Å². The van der Waals surface area contributed by atoms with E-state index < -0.39 is 6.10 Å². The first-order valence-electron chi connectivity index (χ1n) is 31.0. The van der Waals surface area contributed by atoms with Gasteiger partial charge in [0.05, 0.1) is 0 Å². The quantitative estimate of drug-likeness (QED) is 0.0261. The summed E-state index contributed by atoms with van der Waals surface area (Å²) < 4.78 is 16.9. The van der Waals surface area contributed by atoms with Crippen molar-refractivity contribution in [2.45, 2.75) is 258 Å². The molecule has 0 bridgehead atoms. The fourth-order valence-corrected chi connectivity index (χ4v) is 7.91. The molecule has 0 aromatic heterocycles. The molecule has 0 saturated heterocycles. The van der Waals surface area contributed by atoms with Crippen molar-refractivity contribution in [2.24, 2.45) is 0 Å². The third-order valence-electron chi connectivity index (χ3n) is 12.5. The second-order valence-electron chi connectivity index (χ2n) is 19.8. The van der Waals surface area contributed by atoms with Crippen molar-refractivity contribution >= 4 is 17.9 Å². The molecule has 0 N–H and O–H groups in total. The van der Waals surface area contributed by atoms with Gasteiger partial charge < -0.3 is 14.2 Å². The molecule has 0 amide bonds. The molecule has 0 aromatic rings. The molecule has 6 nitrogen and oxygen atoms in total. The Hall–Kier alpha value is -4.97. The second-order valence-corrected chi connectivity index (χ2v) is 19.8. The predicted molar refractivity (Wildman–Crippen MR) is 334 cm³/mol. The first-order chi connectivity index (χ1) is 38.0. The molecule has 1 atom stereocenters. The summed E-state index contributed by atoms with van der Waals surface area (Å²) in [5, 5.41) is 0. The number of hydrogen-bond donors (Lipinski definition) is 0. The third kappa shape index (κ3) is 61.8. The zero-order valence-electron chi connectivity index (χ0n) is 49.4. The molecule has 77 heavy (non-hydrogen) atoms. The summed E-state index contributed by atoms with van der Waals surface area (Å²) in [4.78, 5) is 38.3. The van der Waals surface area contributed by atoms with Crippen molar-refractivity contribution in [1.82, 2.24) is 0 Å². The van der Waals surface area contributed by atoms with Gasteiger partial charge in [0.25, 0.3) is 0 Å². The van der Waals surface area contributed by atoms with E-state index in [1.807, 2.05) is 0 Å². The standard InChI is InChI=1S/C71H112O6/c1-4-7-10-13-16-19-22-25-28-31-34-35-38-40-43-46-49-52-55-58-61-64-70(73)76-67-68(77-71(74)65-62-59-56-53-50-47-44-41-37-33-30-27-24-21-18-15-12-9-6-3)66-75-69(72)63-60-57-54-51-48-45-42-39-36-32-29-26-23-20-17-14-11-8-5-2/h8-9,11-12,17-18,20-22,25-27,29-31,34,36-41,45,47-48,50,68H,4-7,10,13-16,19,23-24,28,32-33,35,42-44,46,49,51-67H2,1-3H3/b11-8-,12-9-,20-17-,21-18-,25-22-,29-26-,30-27-,34-31-,39-36-,40-38-,41-37-,48-45-,50-47-. The Balaban J connectivity index is 4.57. The van der Waals surface area contributed by atoms with Crippen LogP contribution in [0.5, 0.6) is 0 Å². The van der Waals surface area contributed by atoms with Crippen molar-refractivity contribution < 1.29 is 28.6 Å². The van der Waals surface area contributed by atoms with Gasteiger partial charge in [0.1, 0.15) is 13.2 Å². The van der Waals surface area contributed by atoms with Gasteiger partial charge in [0.2, 0.25) is 0 Å². The number of hydrogen-bond acceptors (Lipinski definition) is 6. The van der Waals surface area contributed by atoms with Crippen molar-refractivity contribution in [3.05, 3.63) is 158 Å². The fourth-order valence-electron chi connectivity index (χ4n) is 7.91. The molecule has 0 rings (SSSR count). The average Bonchev–Trinajstić information content (AvgIpc) is 3.43. The summed E-state index contributed by atoms with van der Waals surface area (Å²) in [5.74, 6) is -0.998. The molecule has 0 aliphatic rings. The third-order valence-corrected chi connectivity index (χ3v) is 12.5. The summed E-state index contributed by atoms with van der Waals surface area (Å²) in [5.41, 5.74) is 0. The highest BCUT2D eigenvalue weighted by molar-refractivity contribution is 5.71. The van der Waals surface area contributed by atoms with E-state index in [1.165, 1.54) is 51.4 Å². The Morgan fingerprint density at radius 2 is 0.506 bits per heavy atom. The zero-order valence-corrected chi connectivity index (χ0v) is 49.4. The Morgan fingerprint density at radius 1 is 0.273 bits per heavy atom. The maximum absolute atomic E-state index is 12.9. The van der Waals surface area contributed by atoms with E-state index in [-0.39, 0.29) is 37.5 Å². The molecule has 0 radical (unpaired) electrons. The van der Waals surface area contributed by atoms with Crippen molar-refractivity contribution in [3.8, 4) is 0 Å². The van der Waals surface area contributed by atoms with Crippen molar-refractivity contribution in [3.63, 3.8) is 0 Å². The van der Waals surface area contributed by atoms with E-state index >= 15 is 0 Å². The smallest absolute Gasteiger partial charge is 0.306 e. The molecule has 1 unspecified atom stereocenters. The van der Waals surface area contributed by atoms with E-state index in [4.69, 9.17) is 14.2 Å². The molecular formula is C71H112O6. The minimum Gasteiger partial charge on any atom is -0.462 e. The predicted octanol–water partition coefficient (Wildman–Crippen LogP) is 21.3. The highest BCUT2D eigenvalue weighted by Gasteiger charge is 2.19. The Bertz CT molecular complexity index is 1740. The molecule has 0 spiro atoms. The van der Waals surface area contributed by atoms with Gasteiger partial charge in [-0.3, -0.25) is 14.4 Å². The average molecular weight is 1060 g/mol. The Labute approximate surface area is 473 Å². The van der Waals surface area contributed by atoms with Crippen LogP contribution in [0, 0.1) is 0 Å². The second kappa shape index (κ2) is 63.6. The topological polar surface area (TPSA) is 78.9 Å². The fraction of sp³-hybridized carbons (Fsp3) is 0.592. The van der Waals surface area contributed by atoms with Crippen LogP contribution in [0.15, 0.2) is 158 Å². The van der Waals surface area contributed by atoms with Crippen LogP contribution in [0.3, 0.4) is 0 Å². The first kappa shape index (κ1) is 72.0. The number of allylic oxidation sites excluding steroid dienone is 26. The monoisotopic (exact) mass is 1060 g/mol. The van der Waals surface area contributed by atoms with Crippen LogP contribution < -0.4 is 0 Å². The molecule has 0 aliphatic heterocycles. The lowest BCUT2D eigenvalue weighted by atomic mass is 10.1. The van der Waals surface area contributed by atoms with Crippen LogP contribution in [0.25, 0.3) is 0 Å². The SMILES string of the molecule is CC/C=C\C/C=C\C/C=C\C/C=C\C/C=C\CCCCCC(=O)OCC(COC(=O)CCCCCCCC/C=C\C/C=C\C/C=C\CCCCCCC)OC(=O)CCCCC/C=C\C/C=C\C/C=C\C/C=C\C/C=C\CC. The van der Waals surface area contributed by atoms with Crippen LogP contribution in [0.4, 0.5) is 0 Å². The summed E-state index contributed by atoms with van der Waals surface area (Å²) in [6.45, 7) is 6.33. The van der Waals surface area contributed by atoms with Gasteiger partial charge in [-0.1, -0.05) is 243 Å². The maximum Gasteiger partial charge on any atom is 0.306 e. The maximum atomic E-state index is 12.9. The summed E-state index contributed by atoms with van der Waals surface area (Å²) >= 11 is 0. The minimum atomic E-state index is -0.825. The van der Waals surface area contributed by atoms with E-state index in [2.05, 4.69) is 179 Å². The summed E-state index contributed by atoms with van der Waals surface area (Å²) in [6, 6.07) is 0. The van der Waals surface area contributed by atoms with Crippen LogP contribution in [-0.4, -0.2) is 37.2 Å². The highest BCUT2D eigenvalue weighted by atomic mass is 16.6. The minimum absolute atomic E-state index is 0.116. The number of esters is 3. The van der Waals surface area contributed by atoms with Gasteiger partial charge in [-0.15, -0.1) is 0 Å². The molecule has 6 heteroatoms. The molecule has 0 aromatic carbocycles. The van der Waals surface area contributed by atoms with Crippen molar-refractivity contribution in [2.75, 3.05) is 13.2 Å². The van der Waals surface area contributed by atoms with E-state index in [9.17, 15) is 14.4 Å². The number of carbonyl (C=O) groups is 3. The van der Waals surface area contributed by atoms with Gasteiger partial charge in [-0.05, 0) is 148 Å². The van der Waals surface area contributed by atoms with E-state index in [0.717, 1.165) is 154 Å². The van der Waals surface area contributed by atoms with Gasteiger partial charge in [-0.2, -0.15) is 0 Å². The summed E-state index contributed by atoms with van der Waals surface area (Å²) in [6.07, 6.45) is 92.3. The molecule has 0 heterocycles. The van der Waals surface area contributed by atoms with Crippen LogP contribution in [0.2, 0.25) is 0 Å². The number of unbranched alkanes of at least 4 members (excludes halogenated alkanes) is 17. The lowest BCUT2D eigenvalue weighted by Crippen LogP contribution is -2.30. The van der Waals surface area contributed by atoms with Crippen LogP contribution >= 0.6 is 0 Å². The number of carbonyl (C=O) groups excluding carboxylic acids is 3. The molecular weight excluding hydrogens is 949 g/mol. The van der Waals surface area contributed by atoms with Gasteiger partial charge in [0.15, 0.2) is 6.10 Å². The van der Waals surface area contributed by atoms with Gasteiger partial charge >= 0.3 is 17.9 Å². The van der Waals surface area contributed by atoms with Crippen LogP contribution in [-0.2, 0) is 28.6 Å². The summed E-state index contributed by atoms with van der Waals surface area (Å²) in [7, 11) is 0. The van der Waals surface area contributed by atoms with E-state index in [0.29, 0.717) is 19.3 Å². The lowest BCUT2D eigenvalue weighted by molar-refractivity contribution is -0.167. The van der Waals surface area contributed by atoms with Gasteiger partial charge in [-0.25, -0.2) is 0 Å². The highest BCUT2D eigenvalue weighted by Crippen LogP contribution is 2.13. The molecule has 432 valence electrons. The normalized spacial score (nSPS) is 13.2. The first-order valence-corrected chi connectivity index (χ1v) is 31.0. The van der Waals surface area contributed by atoms with Crippen LogP contribution in [0.1, 0.15) is 252 Å². The van der Waals surface area contributed by atoms with E-state index in [1.54, 1.807) is 0 Å². The molecule has 0 aliphatic carbocycles.